The van der Waals surface area contributed by atoms with Crippen LogP contribution >= 0.6 is 0 Å². The summed E-state index contributed by atoms with van der Waals surface area (Å²) >= 11 is 0. The SMILES string of the molecule is CCCCCCC/C=C\CCCCCCCC(=O)OCC(COC(=O)CCCCCCCCCCCCCCCCCCCCCCCCCCCC)OC(=O)CCCCCCCCCCCCCCCCCCCCC. The fourth-order valence-corrected chi connectivity index (χ4v) is 11.0. The van der Waals surface area contributed by atoms with Gasteiger partial charge in [-0.15, -0.1) is 0 Å². The molecule has 0 spiro atoms. The van der Waals surface area contributed by atoms with Gasteiger partial charge in [0.1, 0.15) is 13.2 Å². The number of esters is 3. The molecule has 0 aromatic carbocycles. The minimum absolute atomic E-state index is 0.0656. The normalized spacial score (nSPS) is 12.0. The summed E-state index contributed by atoms with van der Waals surface area (Å²) in [4.78, 5) is 38.4. The van der Waals surface area contributed by atoms with E-state index < -0.39 is 6.10 Å². The van der Waals surface area contributed by atoms with Crippen LogP contribution in [-0.4, -0.2) is 37.2 Å². The van der Waals surface area contributed by atoms with Crippen LogP contribution < -0.4 is 0 Å². The minimum atomic E-state index is -0.769. The third kappa shape index (κ3) is 64.9. The highest BCUT2D eigenvalue weighted by molar-refractivity contribution is 5.71. The van der Waals surface area contributed by atoms with Gasteiger partial charge in [0.2, 0.25) is 0 Å². The topological polar surface area (TPSA) is 78.9 Å². The van der Waals surface area contributed by atoms with Gasteiger partial charge >= 0.3 is 17.9 Å². The highest BCUT2D eigenvalue weighted by atomic mass is 16.6. The first-order valence-corrected chi connectivity index (χ1v) is 35.2. The molecule has 0 saturated heterocycles. The Kier molecular flexibility index (Phi) is 65.1. The van der Waals surface area contributed by atoms with Gasteiger partial charge in [0, 0.05) is 19.3 Å². The number of ether oxygens (including phenoxy) is 3. The van der Waals surface area contributed by atoms with E-state index in [1.807, 2.05) is 0 Å². The molecule has 0 aliphatic rings. The molecule has 0 heterocycles. The van der Waals surface area contributed by atoms with Gasteiger partial charge in [-0.2, -0.15) is 0 Å². The Hall–Kier alpha value is -1.85. The molecule has 77 heavy (non-hydrogen) atoms. The first-order valence-electron chi connectivity index (χ1n) is 35.2. The van der Waals surface area contributed by atoms with E-state index in [4.69, 9.17) is 14.2 Å². The van der Waals surface area contributed by atoms with Gasteiger partial charge in [0.05, 0.1) is 0 Å². The van der Waals surface area contributed by atoms with Crippen molar-refractivity contribution in [3.8, 4) is 0 Å². The molecule has 6 nitrogen and oxygen atoms in total. The molecule has 456 valence electrons. The van der Waals surface area contributed by atoms with Gasteiger partial charge in [-0.05, 0) is 44.9 Å². The van der Waals surface area contributed by atoms with Crippen LogP contribution in [0.15, 0.2) is 12.2 Å². The maximum atomic E-state index is 12.9. The summed E-state index contributed by atoms with van der Waals surface area (Å²) in [7, 11) is 0. The van der Waals surface area contributed by atoms with Crippen molar-refractivity contribution in [2.75, 3.05) is 13.2 Å². The molecule has 0 N–H and O–H groups in total. The van der Waals surface area contributed by atoms with E-state index in [9.17, 15) is 14.4 Å². The van der Waals surface area contributed by atoms with Crippen LogP contribution in [0.3, 0.4) is 0 Å². The van der Waals surface area contributed by atoms with Gasteiger partial charge < -0.3 is 14.2 Å². The Balaban J connectivity index is 4.20. The summed E-state index contributed by atoms with van der Waals surface area (Å²) in [6.07, 6.45) is 79.6. The first kappa shape index (κ1) is 75.2. The molecule has 0 amide bonds. The predicted octanol–water partition coefficient (Wildman–Crippen LogP) is 24.0. The Bertz CT molecular complexity index is 1200. The average Bonchev–Trinajstić information content (AvgIpc) is 3.43. The van der Waals surface area contributed by atoms with Crippen molar-refractivity contribution in [1.82, 2.24) is 0 Å². The third-order valence-electron chi connectivity index (χ3n) is 16.3. The standard InChI is InChI=1S/C71H136O6/c1-4-7-10-13-16-19-22-25-28-30-32-33-34-35-36-37-38-40-41-43-46-49-52-55-58-61-64-70(73)76-67-68(66-75-69(72)63-60-57-54-51-48-45-27-24-21-18-15-12-9-6-3)77-71(74)65-62-59-56-53-50-47-44-42-39-31-29-26-23-20-17-14-11-8-5-2/h24,27,68H,4-23,25-26,28-67H2,1-3H3/b27-24-. The molecule has 1 unspecified atom stereocenters. The van der Waals surface area contributed by atoms with Crippen LogP contribution in [0, 0.1) is 0 Å². The lowest BCUT2D eigenvalue weighted by molar-refractivity contribution is -0.167. The third-order valence-corrected chi connectivity index (χ3v) is 16.3. The second-order valence-electron chi connectivity index (χ2n) is 24.2. The van der Waals surface area contributed by atoms with E-state index in [-0.39, 0.29) is 31.1 Å². The number of allylic oxidation sites excluding steroid dienone is 2. The van der Waals surface area contributed by atoms with Crippen LogP contribution in [0.2, 0.25) is 0 Å². The van der Waals surface area contributed by atoms with Gasteiger partial charge in [0.25, 0.3) is 0 Å². The number of hydrogen-bond acceptors (Lipinski definition) is 6. The molecule has 0 aromatic heterocycles. The fraction of sp³-hybridized carbons (Fsp3) is 0.930. The highest BCUT2D eigenvalue weighted by Crippen LogP contribution is 2.19. The summed E-state index contributed by atoms with van der Waals surface area (Å²) in [6, 6.07) is 0. The quantitative estimate of drug-likeness (QED) is 0.0261. The largest absolute Gasteiger partial charge is 0.462 e. The Morgan fingerprint density at radius 2 is 0.429 bits per heavy atom. The molecular weight excluding hydrogens is 949 g/mol. The molecule has 0 radical (unpaired) electrons. The van der Waals surface area contributed by atoms with Crippen LogP contribution in [0.1, 0.15) is 406 Å². The zero-order valence-electron chi connectivity index (χ0n) is 52.5. The van der Waals surface area contributed by atoms with Crippen molar-refractivity contribution >= 4 is 17.9 Å². The van der Waals surface area contributed by atoms with Crippen molar-refractivity contribution in [1.29, 1.82) is 0 Å². The van der Waals surface area contributed by atoms with E-state index in [0.717, 1.165) is 64.2 Å². The number of unbranched alkanes of at least 4 members (excludes halogenated alkanes) is 53. The molecule has 0 aliphatic carbocycles. The Labute approximate surface area is 481 Å². The maximum Gasteiger partial charge on any atom is 0.306 e. The second-order valence-corrected chi connectivity index (χ2v) is 24.2. The van der Waals surface area contributed by atoms with Gasteiger partial charge in [-0.3, -0.25) is 14.4 Å². The molecule has 0 bridgehead atoms. The van der Waals surface area contributed by atoms with Crippen LogP contribution in [0.4, 0.5) is 0 Å². The van der Waals surface area contributed by atoms with Crippen LogP contribution in [0.5, 0.6) is 0 Å². The zero-order valence-corrected chi connectivity index (χ0v) is 52.5. The van der Waals surface area contributed by atoms with E-state index in [2.05, 4.69) is 32.9 Å². The molecule has 0 aliphatic heterocycles. The van der Waals surface area contributed by atoms with Crippen molar-refractivity contribution in [3.05, 3.63) is 12.2 Å². The zero-order chi connectivity index (χ0) is 55.7. The summed E-state index contributed by atoms with van der Waals surface area (Å²) < 4.78 is 17.0. The molecule has 1 atom stereocenters. The molecular formula is C71H136O6. The molecule has 0 fully saturated rings. The van der Waals surface area contributed by atoms with Crippen molar-refractivity contribution in [3.63, 3.8) is 0 Å². The van der Waals surface area contributed by atoms with Crippen molar-refractivity contribution in [2.45, 2.75) is 412 Å². The molecule has 0 aromatic rings. The molecule has 0 saturated carbocycles. The fourth-order valence-electron chi connectivity index (χ4n) is 11.0. The summed E-state index contributed by atoms with van der Waals surface area (Å²) in [5.74, 6) is -0.839. The number of hydrogen-bond donors (Lipinski definition) is 0. The monoisotopic (exact) mass is 1090 g/mol. The number of rotatable bonds is 66. The van der Waals surface area contributed by atoms with Gasteiger partial charge in [0.15, 0.2) is 6.10 Å². The lowest BCUT2D eigenvalue weighted by Crippen LogP contribution is -2.30. The lowest BCUT2D eigenvalue weighted by Gasteiger charge is -2.18. The van der Waals surface area contributed by atoms with Gasteiger partial charge in [-0.1, -0.05) is 354 Å². The highest BCUT2D eigenvalue weighted by Gasteiger charge is 2.19. The van der Waals surface area contributed by atoms with Crippen molar-refractivity contribution < 1.29 is 28.6 Å². The number of carbonyl (C=O) groups excluding carboxylic acids is 3. The molecule has 6 heteroatoms. The van der Waals surface area contributed by atoms with E-state index in [0.29, 0.717) is 19.3 Å². The first-order chi connectivity index (χ1) is 38.0. The Morgan fingerprint density at radius 3 is 0.649 bits per heavy atom. The summed E-state index contributed by atoms with van der Waals surface area (Å²) in [5, 5.41) is 0. The smallest absolute Gasteiger partial charge is 0.306 e. The Morgan fingerprint density at radius 1 is 0.247 bits per heavy atom. The maximum absolute atomic E-state index is 12.9. The summed E-state index contributed by atoms with van der Waals surface area (Å²) in [6.45, 7) is 6.72. The minimum Gasteiger partial charge on any atom is -0.462 e. The summed E-state index contributed by atoms with van der Waals surface area (Å²) in [5.41, 5.74) is 0. The van der Waals surface area contributed by atoms with Gasteiger partial charge in [-0.25, -0.2) is 0 Å². The van der Waals surface area contributed by atoms with Crippen LogP contribution in [-0.2, 0) is 28.6 Å². The average molecular weight is 1090 g/mol. The lowest BCUT2D eigenvalue weighted by atomic mass is 10.0. The molecule has 0 rings (SSSR count). The number of carbonyl (C=O) groups is 3. The van der Waals surface area contributed by atoms with Crippen molar-refractivity contribution in [2.24, 2.45) is 0 Å². The van der Waals surface area contributed by atoms with E-state index in [1.54, 1.807) is 0 Å². The predicted molar refractivity (Wildman–Crippen MR) is 335 cm³/mol. The second kappa shape index (κ2) is 66.7. The van der Waals surface area contributed by atoms with E-state index >= 15 is 0 Å². The van der Waals surface area contributed by atoms with Crippen LogP contribution in [0.25, 0.3) is 0 Å². The van der Waals surface area contributed by atoms with E-state index in [1.165, 1.54) is 302 Å².